The number of hydrogen-bond acceptors (Lipinski definition) is 7. The number of carbonyl (C=O) groups excluding carboxylic acids is 1. The molecule has 1 fully saturated rings. The van der Waals surface area contributed by atoms with Crippen LogP contribution in [0.15, 0.2) is 36.5 Å². The molecule has 0 aliphatic carbocycles. The maximum atomic E-state index is 12.4. The maximum Gasteiger partial charge on any atom is 0.573 e. The predicted molar refractivity (Wildman–Crippen MR) is 122 cm³/mol. The summed E-state index contributed by atoms with van der Waals surface area (Å²) in [6.45, 7) is 5.50. The first-order chi connectivity index (χ1) is 16.2. The Morgan fingerprint density at radius 3 is 2.50 bits per heavy atom. The van der Waals surface area contributed by atoms with Gasteiger partial charge in [-0.1, -0.05) is 12.1 Å². The van der Waals surface area contributed by atoms with Crippen molar-refractivity contribution in [3.8, 4) is 5.75 Å². The number of pyridine rings is 1. The molecule has 0 saturated carbocycles. The zero-order chi connectivity index (χ0) is 24.3. The quantitative estimate of drug-likeness (QED) is 0.585. The van der Waals surface area contributed by atoms with E-state index in [1.807, 2.05) is 6.92 Å². The van der Waals surface area contributed by atoms with Gasteiger partial charge in [-0.3, -0.25) is 4.79 Å². The van der Waals surface area contributed by atoms with E-state index in [4.69, 9.17) is 0 Å². The van der Waals surface area contributed by atoms with E-state index in [0.717, 1.165) is 42.8 Å². The molecule has 11 heteroatoms. The van der Waals surface area contributed by atoms with Gasteiger partial charge < -0.3 is 19.9 Å². The van der Waals surface area contributed by atoms with Gasteiger partial charge in [-0.2, -0.15) is 4.98 Å². The van der Waals surface area contributed by atoms with E-state index in [2.05, 4.69) is 41.9 Å². The van der Waals surface area contributed by atoms with Gasteiger partial charge >= 0.3 is 6.36 Å². The fourth-order valence-corrected chi connectivity index (χ4v) is 3.70. The number of halogens is 3. The van der Waals surface area contributed by atoms with E-state index in [9.17, 15) is 18.0 Å². The zero-order valence-corrected chi connectivity index (χ0v) is 18.9. The van der Waals surface area contributed by atoms with Crippen LogP contribution in [0.25, 0.3) is 11.0 Å². The second kappa shape index (κ2) is 9.80. The number of anilines is 2. The molecule has 3 heterocycles. The Morgan fingerprint density at radius 1 is 1.12 bits per heavy atom. The largest absolute Gasteiger partial charge is 0.573 e. The highest BCUT2D eigenvalue weighted by Crippen LogP contribution is 2.24. The average Bonchev–Trinajstić information content (AvgIpc) is 2.78. The van der Waals surface area contributed by atoms with Crippen LogP contribution < -0.4 is 15.0 Å². The number of fused-ring (bicyclic) bond motifs is 1. The first-order valence-corrected chi connectivity index (χ1v) is 10.9. The number of ether oxygens (including phenoxy) is 1. The molecule has 34 heavy (non-hydrogen) atoms. The summed E-state index contributed by atoms with van der Waals surface area (Å²) in [4.78, 5) is 30.5. The molecule has 180 valence electrons. The van der Waals surface area contributed by atoms with Crippen molar-refractivity contribution in [2.75, 3.05) is 43.4 Å². The van der Waals surface area contributed by atoms with Gasteiger partial charge in [-0.15, -0.1) is 13.2 Å². The number of nitrogens with one attached hydrogen (secondary N) is 1. The third kappa shape index (κ3) is 6.10. The molecule has 8 nitrogen and oxygen atoms in total. The molecule has 0 unspecified atom stereocenters. The summed E-state index contributed by atoms with van der Waals surface area (Å²) >= 11 is 0. The summed E-state index contributed by atoms with van der Waals surface area (Å²) < 4.78 is 40.6. The van der Waals surface area contributed by atoms with Crippen molar-refractivity contribution < 1.29 is 22.7 Å². The van der Waals surface area contributed by atoms with Crippen molar-refractivity contribution in [3.63, 3.8) is 0 Å². The van der Waals surface area contributed by atoms with Crippen LogP contribution in [0.2, 0.25) is 0 Å². The minimum atomic E-state index is -4.73. The van der Waals surface area contributed by atoms with Gasteiger partial charge in [-0.05, 0) is 44.2 Å². The molecule has 2 aromatic heterocycles. The van der Waals surface area contributed by atoms with Gasteiger partial charge in [0.1, 0.15) is 5.75 Å². The molecule has 4 rings (SSSR count). The minimum absolute atomic E-state index is 0.162. The van der Waals surface area contributed by atoms with Crippen molar-refractivity contribution >= 4 is 28.6 Å². The van der Waals surface area contributed by atoms with Crippen molar-refractivity contribution in [1.29, 1.82) is 0 Å². The van der Waals surface area contributed by atoms with Gasteiger partial charge in [0, 0.05) is 38.0 Å². The Kier molecular flexibility index (Phi) is 6.82. The summed E-state index contributed by atoms with van der Waals surface area (Å²) in [5, 5.41) is 3.57. The molecule has 0 radical (unpaired) electrons. The number of amides is 1. The summed E-state index contributed by atoms with van der Waals surface area (Å²) in [5.74, 6) is 0.134. The predicted octanol–water partition coefficient (Wildman–Crippen LogP) is 3.55. The van der Waals surface area contributed by atoms with Crippen LogP contribution in [0.4, 0.5) is 24.8 Å². The minimum Gasteiger partial charge on any atom is -0.406 e. The number of aromatic nitrogens is 3. The first-order valence-electron chi connectivity index (χ1n) is 10.9. The number of carbonyl (C=O) groups is 1. The smallest absolute Gasteiger partial charge is 0.406 e. The summed E-state index contributed by atoms with van der Waals surface area (Å²) in [6.07, 6.45) is -2.64. The van der Waals surface area contributed by atoms with E-state index in [1.54, 1.807) is 12.3 Å². The molecule has 0 spiro atoms. The number of hydrogen-bond donors (Lipinski definition) is 1. The van der Waals surface area contributed by atoms with Crippen LogP contribution in [0.1, 0.15) is 17.7 Å². The topological polar surface area (TPSA) is 83.5 Å². The number of rotatable bonds is 6. The maximum absolute atomic E-state index is 12.4. The second-order valence-corrected chi connectivity index (χ2v) is 8.23. The number of aryl methyl sites for hydroxylation is 2. The second-order valence-electron chi connectivity index (χ2n) is 8.23. The molecular formula is C23H25F3N6O2. The van der Waals surface area contributed by atoms with E-state index in [0.29, 0.717) is 23.7 Å². The monoisotopic (exact) mass is 474 g/mol. The van der Waals surface area contributed by atoms with Gasteiger partial charge in [-0.25, -0.2) is 9.97 Å². The van der Waals surface area contributed by atoms with E-state index in [1.165, 1.54) is 24.3 Å². The number of benzene rings is 1. The number of piperazine rings is 1. The van der Waals surface area contributed by atoms with Crippen LogP contribution in [0.5, 0.6) is 5.75 Å². The Bertz CT molecular complexity index is 1160. The van der Waals surface area contributed by atoms with Crippen LogP contribution in [0, 0.1) is 6.92 Å². The van der Waals surface area contributed by atoms with Crippen molar-refractivity contribution in [1.82, 2.24) is 19.9 Å². The van der Waals surface area contributed by atoms with Crippen LogP contribution in [-0.2, 0) is 11.2 Å². The highest BCUT2D eigenvalue weighted by Gasteiger charge is 2.31. The summed E-state index contributed by atoms with van der Waals surface area (Å²) in [7, 11) is 2.09. The molecule has 0 atom stereocenters. The summed E-state index contributed by atoms with van der Waals surface area (Å²) in [5.41, 5.74) is 2.61. The van der Waals surface area contributed by atoms with Crippen LogP contribution in [0.3, 0.4) is 0 Å². The highest BCUT2D eigenvalue weighted by atomic mass is 19.4. The third-order valence-corrected chi connectivity index (χ3v) is 5.60. The number of likely N-dealkylation sites (N-methyl/N-ethyl adjacent to an activating group) is 1. The summed E-state index contributed by atoms with van der Waals surface area (Å²) in [6, 6.07) is 7.27. The lowest BCUT2D eigenvalue weighted by atomic mass is 10.1. The Labute approximate surface area is 194 Å². The molecule has 1 aliphatic heterocycles. The lowest BCUT2D eigenvalue weighted by Crippen LogP contribution is -2.45. The molecule has 3 aromatic rings. The first kappa shape index (κ1) is 23.7. The fraction of sp³-hybridized carbons (Fsp3) is 0.391. The van der Waals surface area contributed by atoms with Gasteiger partial charge in [0.15, 0.2) is 5.65 Å². The molecule has 1 aliphatic rings. The fourth-order valence-electron chi connectivity index (χ4n) is 3.70. The molecule has 1 N–H and O–H groups in total. The molecule has 1 aromatic carbocycles. The highest BCUT2D eigenvalue weighted by molar-refractivity contribution is 5.93. The molecule has 0 bridgehead atoms. The standard InChI is InChI=1S/C23H25F3N6O2/c1-15-19-13-17(14-27-21(19)30-22(28-15)32-11-9-31(2)10-12-32)29-20(33)8-5-16-3-6-18(7-4-16)34-23(24,25)26/h3-4,6-7,13-14H,5,8-12H2,1-2H3,(H,29,33). The Hall–Kier alpha value is -3.47. The van der Waals surface area contributed by atoms with Crippen molar-refractivity contribution in [2.24, 2.45) is 0 Å². The van der Waals surface area contributed by atoms with Crippen molar-refractivity contribution in [3.05, 3.63) is 47.8 Å². The molecule has 1 amide bonds. The Morgan fingerprint density at radius 2 is 1.82 bits per heavy atom. The van der Waals surface area contributed by atoms with E-state index < -0.39 is 6.36 Å². The normalized spacial score (nSPS) is 14.9. The van der Waals surface area contributed by atoms with Crippen LogP contribution in [-0.4, -0.2) is 65.3 Å². The lowest BCUT2D eigenvalue weighted by molar-refractivity contribution is -0.274. The number of alkyl halides is 3. The lowest BCUT2D eigenvalue weighted by Gasteiger charge is -2.32. The molecular weight excluding hydrogens is 449 g/mol. The van der Waals surface area contributed by atoms with E-state index >= 15 is 0 Å². The van der Waals surface area contributed by atoms with Gasteiger partial charge in [0.25, 0.3) is 0 Å². The van der Waals surface area contributed by atoms with E-state index in [-0.39, 0.29) is 18.1 Å². The molecule has 1 saturated heterocycles. The number of nitrogens with zero attached hydrogens (tertiary/aromatic N) is 5. The van der Waals surface area contributed by atoms with Gasteiger partial charge in [0.05, 0.1) is 17.6 Å². The Balaban J connectivity index is 1.36. The third-order valence-electron chi connectivity index (χ3n) is 5.60. The van der Waals surface area contributed by atoms with Gasteiger partial charge in [0.2, 0.25) is 11.9 Å². The zero-order valence-electron chi connectivity index (χ0n) is 18.9. The average molecular weight is 474 g/mol. The van der Waals surface area contributed by atoms with Crippen molar-refractivity contribution in [2.45, 2.75) is 26.1 Å². The van der Waals surface area contributed by atoms with Crippen LogP contribution >= 0.6 is 0 Å². The SMILES string of the molecule is Cc1nc(N2CCN(C)CC2)nc2ncc(NC(=O)CCc3ccc(OC(F)(F)F)cc3)cc12.